The number of rotatable bonds is 2. The van der Waals surface area contributed by atoms with E-state index in [0.29, 0.717) is 0 Å². The van der Waals surface area contributed by atoms with Crippen LogP contribution in [0.4, 0.5) is 0 Å². The van der Waals surface area contributed by atoms with Crippen LogP contribution in [0.1, 0.15) is 0 Å². The van der Waals surface area contributed by atoms with Crippen LogP contribution in [0.25, 0.3) is 11.3 Å². The van der Waals surface area contributed by atoms with Crippen molar-refractivity contribution >= 4 is 0 Å². The van der Waals surface area contributed by atoms with Crippen molar-refractivity contribution in [3.63, 3.8) is 0 Å². The zero-order valence-corrected chi connectivity index (χ0v) is 7.53. The Labute approximate surface area is 76.2 Å². The molecule has 0 atom stereocenters. The summed E-state index contributed by atoms with van der Waals surface area (Å²) >= 11 is 0. The van der Waals surface area contributed by atoms with Crippen LogP contribution in [0.3, 0.4) is 0 Å². The maximum absolute atomic E-state index is 5.17. The zero-order chi connectivity index (χ0) is 9.26. The highest BCUT2D eigenvalue weighted by molar-refractivity contribution is 5.65. The van der Waals surface area contributed by atoms with Gasteiger partial charge < -0.3 is 19.3 Å². The summed E-state index contributed by atoms with van der Waals surface area (Å²) in [5.41, 5.74) is 1.89. The second-order valence-corrected chi connectivity index (χ2v) is 2.75. The maximum Gasteiger partial charge on any atom is 0.0915 e. The van der Waals surface area contributed by atoms with E-state index in [1.165, 1.54) is 0 Å². The topological polar surface area (TPSA) is 42.8 Å². The van der Waals surface area contributed by atoms with E-state index < -0.39 is 0 Å². The van der Waals surface area contributed by atoms with Gasteiger partial charge >= 0.3 is 0 Å². The predicted molar refractivity (Wildman–Crippen MR) is 48.4 cm³/mol. The second kappa shape index (κ2) is 2.97. The Morgan fingerprint density at radius 2 is 2.38 bits per heavy atom. The molecule has 4 heteroatoms. The number of methoxy groups -OCH3 is 1. The number of aromatic nitrogens is 3. The SMILES string of the molecule is COc1c[nH]cc1-c1[c-]ncn1C. The van der Waals surface area contributed by atoms with Gasteiger partial charge in [0.25, 0.3) is 0 Å². The third-order valence-electron chi connectivity index (χ3n) is 1.94. The average Bonchev–Trinajstić information content (AvgIpc) is 2.71. The molecule has 1 N–H and O–H groups in total. The first-order valence-electron chi connectivity index (χ1n) is 3.93. The zero-order valence-electron chi connectivity index (χ0n) is 7.53. The Bertz CT molecular complexity index is 402. The molecule has 68 valence electrons. The Kier molecular flexibility index (Phi) is 1.81. The standard InChI is InChI=1S/C9H10N3O/c1-12-6-11-4-8(12)7-3-10-5-9(7)13-2/h3,5-6,10H,1-2H3/q-1. The molecule has 0 aromatic carbocycles. The van der Waals surface area contributed by atoms with Crippen LogP contribution < -0.4 is 4.74 Å². The van der Waals surface area contributed by atoms with Crippen LogP contribution in [0.15, 0.2) is 18.7 Å². The largest absolute Gasteiger partial charge is 0.507 e. The Balaban J connectivity index is 2.52. The van der Waals surface area contributed by atoms with E-state index in [2.05, 4.69) is 16.2 Å². The molecule has 2 heterocycles. The fraction of sp³-hybridized carbons (Fsp3) is 0.222. The van der Waals surface area contributed by atoms with E-state index >= 15 is 0 Å². The van der Waals surface area contributed by atoms with Crippen LogP contribution in [0.2, 0.25) is 0 Å². The first-order valence-corrected chi connectivity index (χ1v) is 3.93. The molecule has 4 nitrogen and oxygen atoms in total. The lowest BCUT2D eigenvalue weighted by atomic mass is 10.2. The van der Waals surface area contributed by atoms with Crippen molar-refractivity contribution in [2.75, 3.05) is 7.11 Å². The number of H-pyrrole nitrogens is 1. The molecule has 0 radical (unpaired) electrons. The molecule has 0 unspecified atom stereocenters. The fourth-order valence-corrected chi connectivity index (χ4v) is 1.27. The summed E-state index contributed by atoms with van der Waals surface area (Å²) in [7, 11) is 3.56. The third-order valence-corrected chi connectivity index (χ3v) is 1.94. The first-order chi connectivity index (χ1) is 6.33. The van der Waals surface area contributed by atoms with E-state index in [0.717, 1.165) is 17.0 Å². The summed E-state index contributed by atoms with van der Waals surface area (Å²) in [6, 6.07) is 0. The smallest absolute Gasteiger partial charge is 0.0915 e. The minimum Gasteiger partial charge on any atom is -0.507 e. The lowest BCUT2D eigenvalue weighted by Crippen LogP contribution is -1.90. The molecule has 0 saturated heterocycles. The van der Waals surface area contributed by atoms with Gasteiger partial charge in [-0.3, -0.25) is 0 Å². The van der Waals surface area contributed by atoms with Gasteiger partial charge in [-0.15, -0.1) is 0 Å². The van der Waals surface area contributed by atoms with Crippen LogP contribution in [0, 0.1) is 6.20 Å². The van der Waals surface area contributed by atoms with E-state index in [1.807, 2.05) is 17.8 Å². The number of hydrogen-bond acceptors (Lipinski definition) is 2. The monoisotopic (exact) mass is 176 g/mol. The number of nitrogens with one attached hydrogen (secondary N) is 1. The van der Waals surface area contributed by atoms with Crippen LogP contribution in [0.5, 0.6) is 5.75 Å². The maximum atomic E-state index is 5.17. The van der Waals surface area contributed by atoms with Crippen molar-refractivity contribution in [3.05, 3.63) is 24.9 Å². The molecule has 0 saturated carbocycles. The number of ether oxygens (including phenoxy) is 1. The van der Waals surface area contributed by atoms with Crippen molar-refractivity contribution < 1.29 is 4.74 Å². The Morgan fingerprint density at radius 3 is 3.00 bits per heavy atom. The number of hydrogen-bond donors (Lipinski definition) is 1. The summed E-state index contributed by atoms with van der Waals surface area (Å²) in [5.74, 6) is 0.805. The normalized spacial score (nSPS) is 10.3. The average molecular weight is 176 g/mol. The predicted octanol–water partition coefficient (Wildman–Crippen LogP) is 1.22. The summed E-state index contributed by atoms with van der Waals surface area (Å²) in [6.07, 6.45) is 8.27. The summed E-state index contributed by atoms with van der Waals surface area (Å²) in [5, 5.41) is 0. The number of aromatic amines is 1. The van der Waals surface area contributed by atoms with Crippen LogP contribution in [-0.2, 0) is 7.05 Å². The van der Waals surface area contributed by atoms with Crippen LogP contribution >= 0.6 is 0 Å². The van der Waals surface area contributed by atoms with Gasteiger partial charge in [-0.25, -0.2) is 0 Å². The Morgan fingerprint density at radius 1 is 1.54 bits per heavy atom. The van der Waals surface area contributed by atoms with Gasteiger partial charge in [0.2, 0.25) is 0 Å². The summed E-state index contributed by atoms with van der Waals surface area (Å²) in [4.78, 5) is 6.90. The number of aryl methyl sites for hydroxylation is 1. The molecule has 0 fully saturated rings. The van der Waals surface area contributed by atoms with Crippen molar-refractivity contribution in [3.8, 4) is 17.0 Å². The van der Waals surface area contributed by atoms with Gasteiger partial charge in [-0.05, 0) is 25.1 Å². The summed E-state index contributed by atoms with van der Waals surface area (Å²) < 4.78 is 7.07. The van der Waals surface area contributed by atoms with Crippen molar-refractivity contribution in [2.45, 2.75) is 0 Å². The van der Waals surface area contributed by atoms with Crippen molar-refractivity contribution in [1.82, 2.24) is 14.5 Å². The quantitative estimate of drug-likeness (QED) is 0.699. The molecule has 0 bridgehead atoms. The number of nitrogens with zero attached hydrogens (tertiary/aromatic N) is 2. The molecule has 0 aliphatic rings. The first kappa shape index (κ1) is 7.91. The van der Waals surface area contributed by atoms with Gasteiger partial charge in [0, 0.05) is 6.20 Å². The lowest BCUT2D eigenvalue weighted by Gasteiger charge is -2.09. The fourth-order valence-electron chi connectivity index (χ4n) is 1.27. The molecular formula is C9H10N3O-. The van der Waals surface area contributed by atoms with E-state index in [-0.39, 0.29) is 0 Å². The van der Waals surface area contributed by atoms with Gasteiger partial charge in [-0.1, -0.05) is 11.9 Å². The highest BCUT2D eigenvalue weighted by atomic mass is 16.5. The van der Waals surface area contributed by atoms with Crippen molar-refractivity contribution in [2.24, 2.45) is 7.05 Å². The molecule has 0 aliphatic carbocycles. The molecule has 0 amide bonds. The van der Waals surface area contributed by atoms with Gasteiger partial charge in [-0.2, -0.15) is 0 Å². The van der Waals surface area contributed by atoms with Gasteiger partial charge in [0.15, 0.2) is 0 Å². The molecular weight excluding hydrogens is 166 g/mol. The Hall–Kier alpha value is -1.71. The summed E-state index contributed by atoms with van der Waals surface area (Å²) in [6.45, 7) is 0. The molecule has 2 aromatic heterocycles. The van der Waals surface area contributed by atoms with Gasteiger partial charge in [0.1, 0.15) is 0 Å². The van der Waals surface area contributed by atoms with Gasteiger partial charge in [0.05, 0.1) is 12.9 Å². The molecule has 13 heavy (non-hydrogen) atoms. The van der Waals surface area contributed by atoms with Crippen LogP contribution in [-0.4, -0.2) is 21.6 Å². The molecule has 0 aliphatic heterocycles. The third kappa shape index (κ3) is 1.20. The molecule has 2 aromatic rings. The molecule has 2 rings (SSSR count). The van der Waals surface area contributed by atoms with E-state index in [9.17, 15) is 0 Å². The molecule has 0 spiro atoms. The highest BCUT2D eigenvalue weighted by Gasteiger charge is 2.00. The highest BCUT2D eigenvalue weighted by Crippen LogP contribution is 2.27. The van der Waals surface area contributed by atoms with Crippen molar-refractivity contribution in [1.29, 1.82) is 0 Å². The lowest BCUT2D eigenvalue weighted by molar-refractivity contribution is 0.416. The number of imidazole rings is 1. The van der Waals surface area contributed by atoms with E-state index in [1.54, 1.807) is 19.6 Å². The van der Waals surface area contributed by atoms with E-state index in [4.69, 9.17) is 4.74 Å². The minimum atomic E-state index is 0.805. The minimum absolute atomic E-state index is 0.805. The second-order valence-electron chi connectivity index (χ2n) is 2.75.